The van der Waals surface area contributed by atoms with Crippen LogP contribution in [-0.2, 0) is 16.3 Å². The van der Waals surface area contributed by atoms with Crippen molar-refractivity contribution in [1.82, 2.24) is 5.48 Å². The highest BCUT2D eigenvalue weighted by Gasteiger charge is 2.33. The van der Waals surface area contributed by atoms with Crippen molar-refractivity contribution in [3.63, 3.8) is 0 Å². The molecule has 0 radical (unpaired) electrons. The van der Waals surface area contributed by atoms with Crippen molar-refractivity contribution in [2.24, 2.45) is 5.16 Å². The predicted octanol–water partition coefficient (Wildman–Crippen LogP) is 3.78. The van der Waals surface area contributed by atoms with Gasteiger partial charge in [0.05, 0.1) is 36.1 Å². The Labute approximate surface area is 170 Å². The third-order valence-corrected chi connectivity index (χ3v) is 4.69. The van der Waals surface area contributed by atoms with Crippen LogP contribution < -0.4 is 10.8 Å². The van der Waals surface area contributed by atoms with E-state index in [0.29, 0.717) is 23.4 Å². The van der Waals surface area contributed by atoms with Crippen LogP contribution in [0.4, 0.5) is 5.69 Å². The molecule has 0 saturated heterocycles. The number of nitriles is 1. The van der Waals surface area contributed by atoms with Gasteiger partial charge in [0.2, 0.25) is 0 Å². The Morgan fingerprint density at radius 3 is 2.72 bits per heavy atom. The van der Waals surface area contributed by atoms with Gasteiger partial charge in [-0.2, -0.15) is 5.26 Å². The molecule has 0 aliphatic carbocycles. The molecule has 29 heavy (non-hydrogen) atoms. The van der Waals surface area contributed by atoms with Crippen LogP contribution in [-0.4, -0.2) is 23.8 Å². The number of hydroxylamine groups is 1. The minimum Gasteiger partial charge on any atom is -0.387 e. The summed E-state index contributed by atoms with van der Waals surface area (Å²) in [5, 5.41) is 16.2. The second-order valence-electron chi connectivity index (χ2n) is 7.16. The fourth-order valence-electron chi connectivity index (χ4n) is 2.99. The summed E-state index contributed by atoms with van der Waals surface area (Å²) >= 11 is 0. The van der Waals surface area contributed by atoms with Gasteiger partial charge in [0, 0.05) is 12.1 Å². The van der Waals surface area contributed by atoms with Gasteiger partial charge < -0.3 is 10.2 Å². The summed E-state index contributed by atoms with van der Waals surface area (Å²) in [5.41, 5.74) is 5.69. The van der Waals surface area contributed by atoms with E-state index in [1.807, 2.05) is 19.1 Å². The first-order chi connectivity index (χ1) is 14.0. The van der Waals surface area contributed by atoms with Crippen molar-refractivity contribution >= 4 is 17.3 Å². The Morgan fingerprint density at radius 2 is 2.03 bits per heavy atom. The number of hydrogen-bond donors (Lipinski definition) is 2. The van der Waals surface area contributed by atoms with E-state index in [9.17, 15) is 4.79 Å². The van der Waals surface area contributed by atoms with Crippen LogP contribution in [0.2, 0.25) is 0 Å². The van der Waals surface area contributed by atoms with Crippen LogP contribution in [0.1, 0.15) is 48.2 Å². The largest absolute Gasteiger partial charge is 0.387 e. The maximum atomic E-state index is 12.6. The molecule has 1 atom stereocenters. The molecule has 2 aromatic carbocycles. The number of oxime groups is 1. The average molecular weight is 392 g/mol. The van der Waals surface area contributed by atoms with Gasteiger partial charge in [-0.15, -0.1) is 0 Å². The number of nitrogens with one attached hydrogen (secondary N) is 2. The first-order valence-electron chi connectivity index (χ1n) is 9.51. The lowest BCUT2D eigenvalue weighted by molar-refractivity contribution is 0.00744. The maximum absolute atomic E-state index is 12.6. The molecular weight excluding hydrogens is 368 g/mol. The molecule has 7 nitrogen and oxygen atoms in total. The summed E-state index contributed by atoms with van der Waals surface area (Å²) in [6, 6.07) is 16.3. The minimum absolute atomic E-state index is 0.204. The number of hydrogen-bond acceptors (Lipinski definition) is 6. The fraction of sp³-hybridized carbons (Fsp3) is 0.318. The number of carbonyl (C=O) groups excluding carboxylic acids is 1. The zero-order chi connectivity index (χ0) is 20.7. The second kappa shape index (κ2) is 9.22. The first-order valence-corrected chi connectivity index (χ1v) is 9.51. The maximum Gasteiger partial charge on any atom is 0.276 e. The van der Waals surface area contributed by atoms with Crippen LogP contribution in [0.25, 0.3) is 0 Å². The van der Waals surface area contributed by atoms with E-state index in [0.717, 1.165) is 24.1 Å². The van der Waals surface area contributed by atoms with E-state index in [2.05, 4.69) is 28.9 Å². The van der Waals surface area contributed by atoms with Crippen molar-refractivity contribution in [3.8, 4) is 6.07 Å². The molecule has 1 aliphatic rings. The van der Waals surface area contributed by atoms with E-state index < -0.39 is 5.60 Å². The number of nitrogens with zero attached hydrogens (tertiary/aromatic N) is 2. The summed E-state index contributed by atoms with van der Waals surface area (Å²) in [5.74, 6) is -0.343. The molecule has 1 heterocycles. The van der Waals surface area contributed by atoms with Gasteiger partial charge in [-0.25, -0.2) is 5.48 Å². The molecule has 7 heteroatoms. The molecular formula is C22H24N4O3. The normalized spacial score (nSPS) is 17.8. The van der Waals surface area contributed by atoms with Crippen molar-refractivity contribution in [2.45, 2.75) is 38.9 Å². The van der Waals surface area contributed by atoms with E-state index >= 15 is 0 Å². The number of carbonyl (C=O) groups is 1. The van der Waals surface area contributed by atoms with E-state index in [-0.39, 0.29) is 12.5 Å². The Morgan fingerprint density at radius 1 is 1.28 bits per heavy atom. The van der Waals surface area contributed by atoms with Gasteiger partial charge >= 0.3 is 0 Å². The smallest absolute Gasteiger partial charge is 0.276 e. The highest BCUT2D eigenvalue weighted by molar-refractivity contribution is 5.99. The van der Waals surface area contributed by atoms with Crippen molar-refractivity contribution < 1.29 is 14.5 Å². The van der Waals surface area contributed by atoms with E-state index in [1.165, 1.54) is 0 Å². The van der Waals surface area contributed by atoms with Gasteiger partial charge in [-0.1, -0.05) is 36.3 Å². The molecule has 0 bridgehead atoms. The third kappa shape index (κ3) is 5.33. The van der Waals surface area contributed by atoms with Crippen LogP contribution in [0.5, 0.6) is 0 Å². The van der Waals surface area contributed by atoms with Crippen LogP contribution >= 0.6 is 0 Å². The standard InChI is InChI=1S/C22H24N4O3/c1-3-18-12-22(2,29-25-18)15-24-20-7-5-4-6-19(20)21(27)26-28-14-17-10-8-16(13-23)9-11-17/h4-11,24H,3,12,14-15H2,1-2H3,(H,26,27). The van der Waals surface area contributed by atoms with E-state index in [4.69, 9.17) is 14.9 Å². The fourth-order valence-corrected chi connectivity index (χ4v) is 2.99. The van der Waals surface area contributed by atoms with Crippen LogP contribution in [0.15, 0.2) is 53.7 Å². The lowest BCUT2D eigenvalue weighted by Crippen LogP contribution is -2.34. The molecule has 1 aliphatic heterocycles. The van der Waals surface area contributed by atoms with Gasteiger partial charge in [0.15, 0.2) is 5.60 Å². The topological polar surface area (TPSA) is 95.7 Å². The van der Waals surface area contributed by atoms with Crippen LogP contribution in [0, 0.1) is 11.3 Å². The second-order valence-corrected chi connectivity index (χ2v) is 7.16. The molecule has 0 fully saturated rings. The lowest BCUT2D eigenvalue weighted by atomic mass is 9.98. The Balaban J connectivity index is 1.55. The quantitative estimate of drug-likeness (QED) is 0.667. The highest BCUT2D eigenvalue weighted by atomic mass is 16.7. The summed E-state index contributed by atoms with van der Waals surface area (Å²) < 4.78 is 0. The molecule has 2 N–H and O–H groups in total. The molecule has 150 valence electrons. The molecule has 2 aromatic rings. The molecule has 0 aromatic heterocycles. The molecule has 3 rings (SSSR count). The summed E-state index contributed by atoms with van der Waals surface area (Å²) in [4.78, 5) is 23.5. The minimum atomic E-state index is -0.430. The van der Waals surface area contributed by atoms with Crippen molar-refractivity contribution in [3.05, 3.63) is 65.2 Å². The summed E-state index contributed by atoms with van der Waals surface area (Å²) in [7, 11) is 0. The summed E-state index contributed by atoms with van der Waals surface area (Å²) in [6.45, 7) is 4.78. The zero-order valence-corrected chi connectivity index (χ0v) is 16.6. The van der Waals surface area contributed by atoms with Crippen LogP contribution in [0.3, 0.4) is 0 Å². The highest BCUT2D eigenvalue weighted by Crippen LogP contribution is 2.26. The Hall–Kier alpha value is -3.37. The lowest BCUT2D eigenvalue weighted by Gasteiger charge is -2.23. The van der Waals surface area contributed by atoms with Gasteiger partial charge in [-0.3, -0.25) is 9.63 Å². The van der Waals surface area contributed by atoms with Gasteiger partial charge in [0.25, 0.3) is 5.91 Å². The van der Waals surface area contributed by atoms with E-state index in [1.54, 1.807) is 36.4 Å². The number of para-hydroxylation sites is 1. The third-order valence-electron chi connectivity index (χ3n) is 4.69. The molecule has 0 spiro atoms. The Kier molecular flexibility index (Phi) is 6.47. The van der Waals surface area contributed by atoms with Gasteiger partial charge in [-0.05, 0) is 43.2 Å². The molecule has 1 unspecified atom stereocenters. The van der Waals surface area contributed by atoms with Crippen molar-refractivity contribution in [2.75, 3.05) is 11.9 Å². The zero-order valence-electron chi connectivity index (χ0n) is 16.6. The average Bonchev–Trinajstić information content (AvgIpc) is 3.14. The number of benzene rings is 2. The van der Waals surface area contributed by atoms with Crippen molar-refractivity contribution in [1.29, 1.82) is 5.26 Å². The SMILES string of the molecule is CCC1=NOC(C)(CNc2ccccc2C(=O)NOCc2ccc(C#N)cc2)C1. The number of amides is 1. The number of rotatable bonds is 8. The summed E-state index contributed by atoms with van der Waals surface area (Å²) in [6.07, 6.45) is 1.63. The monoisotopic (exact) mass is 392 g/mol. The first kappa shape index (κ1) is 20.4. The Bertz CT molecular complexity index is 934. The number of anilines is 1. The van der Waals surface area contributed by atoms with Gasteiger partial charge in [0.1, 0.15) is 0 Å². The molecule has 1 amide bonds. The predicted molar refractivity (Wildman–Crippen MR) is 110 cm³/mol. The molecule has 0 saturated carbocycles.